The molecular formula is C47H31N2OP. The van der Waals surface area contributed by atoms with Crippen LogP contribution >= 0.6 is 7.14 Å². The predicted octanol–water partition coefficient (Wildman–Crippen LogP) is 9.79. The lowest BCUT2D eigenvalue weighted by atomic mass is 9.72. The van der Waals surface area contributed by atoms with Crippen LogP contribution in [0.3, 0.4) is 0 Å². The quantitative estimate of drug-likeness (QED) is 0.171. The molecule has 1 aromatic heterocycles. The maximum Gasteiger partial charge on any atom is 0.171 e. The Morgan fingerprint density at radius 1 is 0.392 bits per heavy atom. The van der Waals surface area contributed by atoms with Crippen molar-refractivity contribution in [3.8, 4) is 44.9 Å². The van der Waals surface area contributed by atoms with Gasteiger partial charge in [0, 0.05) is 32.6 Å². The molecule has 2 aliphatic rings. The van der Waals surface area contributed by atoms with Crippen LogP contribution in [0.5, 0.6) is 0 Å². The molecule has 0 bridgehead atoms. The number of aromatic nitrogens is 2. The molecular weight excluding hydrogens is 640 g/mol. The third kappa shape index (κ3) is 4.22. The topological polar surface area (TPSA) is 42.9 Å². The molecule has 8 aromatic rings. The van der Waals surface area contributed by atoms with Crippen molar-refractivity contribution in [3.05, 3.63) is 210 Å². The van der Waals surface area contributed by atoms with Gasteiger partial charge in [-0.15, -0.1) is 0 Å². The van der Waals surface area contributed by atoms with Crippen molar-refractivity contribution >= 4 is 23.1 Å². The van der Waals surface area contributed by atoms with Gasteiger partial charge >= 0.3 is 0 Å². The molecule has 0 saturated carbocycles. The van der Waals surface area contributed by atoms with E-state index in [2.05, 4.69) is 97.1 Å². The SMILES string of the molecule is O=P(c1ccccc1)(c1ccccc1)c1ccc(-c2nc(-c3ccccc3)c3c(n2)C2(c4ccccc4-c4ccccc42)c2ccccc2-3)cc1. The summed E-state index contributed by atoms with van der Waals surface area (Å²) < 4.78 is 15.2. The molecule has 0 unspecified atom stereocenters. The van der Waals surface area contributed by atoms with Gasteiger partial charge in [-0.2, -0.15) is 0 Å². The lowest BCUT2D eigenvalue weighted by molar-refractivity contribution is 0.592. The van der Waals surface area contributed by atoms with Crippen LogP contribution in [-0.4, -0.2) is 9.97 Å². The number of hydrogen-bond acceptors (Lipinski definition) is 3. The first-order chi connectivity index (χ1) is 25.2. The fourth-order valence-electron chi connectivity index (χ4n) is 8.40. The van der Waals surface area contributed by atoms with Gasteiger partial charge in [0.05, 0.1) is 16.8 Å². The van der Waals surface area contributed by atoms with Crippen molar-refractivity contribution in [2.75, 3.05) is 0 Å². The minimum absolute atomic E-state index is 0.601. The van der Waals surface area contributed by atoms with Gasteiger partial charge in [0.2, 0.25) is 0 Å². The van der Waals surface area contributed by atoms with Crippen LogP contribution in [-0.2, 0) is 9.98 Å². The first kappa shape index (κ1) is 29.7. The Hall–Kier alpha value is -6.15. The second-order valence-electron chi connectivity index (χ2n) is 13.2. The van der Waals surface area contributed by atoms with Crippen molar-refractivity contribution < 1.29 is 4.57 Å². The summed E-state index contributed by atoms with van der Waals surface area (Å²) in [6.45, 7) is 0. The van der Waals surface area contributed by atoms with Crippen LogP contribution in [0.25, 0.3) is 44.9 Å². The second-order valence-corrected chi connectivity index (χ2v) is 16.0. The highest BCUT2D eigenvalue weighted by atomic mass is 31.2. The van der Waals surface area contributed by atoms with Crippen LogP contribution in [0.4, 0.5) is 0 Å². The van der Waals surface area contributed by atoms with E-state index in [1.54, 1.807) is 0 Å². The van der Waals surface area contributed by atoms with Gasteiger partial charge in [0.15, 0.2) is 13.0 Å². The number of nitrogens with zero attached hydrogens (tertiary/aromatic N) is 2. The standard InChI is InChI=1S/C47H31N2OP/c50-51(34-18-6-2-7-19-34,35-20-8-3-9-21-35)36-30-28-33(29-31-36)46-48-44(32-16-4-1-5-17-32)43-39-24-12-15-27-42(39)47(45(43)49-46)40-25-13-10-22-37(40)38-23-11-14-26-41(38)47/h1-31H. The summed E-state index contributed by atoms with van der Waals surface area (Å²) in [6, 6.07) is 64.4. The zero-order chi connectivity index (χ0) is 34.0. The molecule has 3 nitrogen and oxygen atoms in total. The van der Waals surface area contributed by atoms with Gasteiger partial charge in [-0.3, -0.25) is 0 Å². The lowest BCUT2D eigenvalue weighted by Gasteiger charge is -2.29. The summed E-state index contributed by atoms with van der Waals surface area (Å²) >= 11 is 0. The van der Waals surface area contributed by atoms with Crippen LogP contribution in [0.1, 0.15) is 22.4 Å². The van der Waals surface area contributed by atoms with Gasteiger partial charge in [0.1, 0.15) is 0 Å². The highest BCUT2D eigenvalue weighted by molar-refractivity contribution is 7.85. The van der Waals surface area contributed by atoms with Crippen LogP contribution in [0, 0.1) is 0 Å². The van der Waals surface area contributed by atoms with Crippen LogP contribution < -0.4 is 15.9 Å². The Bertz CT molecular complexity index is 2560. The fraction of sp³-hybridized carbons (Fsp3) is 0.0213. The van der Waals surface area contributed by atoms with Crippen molar-refractivity contribution in [2.45, 2.75) is 5.41 Å². The molecule has 0 atom stereocenters. The van der Waals surface area contributed by atoms with Crippen molar-refractivity contribution in [1.82, 2.24) is 9.97 Å². The minimum Gasteiger partial charge on any atom is -0.309 e. The molecule has 1 spiro atoms. The van der Waals surface area contributed by atoms with Gasteiger partial charge in [-0.05, 0) is 33.4 Å². The Balaban J connectivity index is 1.23. The summed E-state index contributed by atoms with van der Waals surface area (Å²) in [4.78, 5) is 11.0. The first-order valence-electron chi connectivity index (χ1n) is 17.3. The molecule has 10 rings (SSSR count). The third-order valence-corrected chi connectivity index (χ3v) is 13.7. The van der Waals surface area contributed by atoms with Crippen LogP contribution in [0.2, 0.25) is 0 Å². The molecule has 2 aliphatic carbocycles. The van der Waals surface area contributed by atoms with Gasteiger partial charge < -0.3 is 4.57 Å². The smallest absolute Gasteiger partial charge is 0.171 e. The summed E-state index contributed by atoms with van der Waals surface area (Å²) in [7, 11) is -3.13. The van der Waals surface area contributed by atoms with E-state index in [1.807, 2.05) is 91.0 Å². The summed E-state index contributed by atoms with van der Waals surface area (Å²) in [5.74, 6) is 0.641. The van der Waals surface area contributed by atoms with E-state index in [1.165, 1.54) is 27.8 Å². The van der Waals surface area contributed by atoms with E-state index >= 15 is 4.57 Å². The molecule has 51 heavy (non-hydrogen) atoms. The average Bonchev–Trinajstić information content (AvgIpc) is 3.69. The molecule has 0 saturated heterocycles. The van der Waals surface area contributed by atoms with Gasteiger partial charge in [-0.1, -0.05) is 188 Å². The molecule has 0 amide bonds. The zero-order valence-electron chi connectivity index (χ0n) is 27.6. The highest BCUT2D eigenvalue weighted by Crippen LogP contribution is 2.63. The van der Waals surface area contributed by atoms with E-state index < -0.39 is 12.6 Å². The third-order valence-electron chi connectivity index (χ3n) is 10.6. The first-order valence-corrected chi connectivity index (χ1v) is 19.0. The monoisotopic (exact) mass is 670 g/mol. The van der Waals surface area contributed by atoms with Gasteiger partial charge in [0.25, 0.3) is 0 Å². The van der Waals surface area contributed by atoms with Crippen molar-refractivity contribution in [1.29, 1.82) is 0 Å². The van der Waals surface area contributed by atoms with E-state index in [-0.39, 0.29) is 0 Å². The highest BCUT2D eigenvalue weighted by Gasteiger charge is 2.53. The van der Waals surface area contributed by atoms with E-state index in [0.29, 0.717) is 5.82 Å². The largest absolute Gasteiger partial charge is 0.309 e. The number of hydrogen-bond donors (Lipinski definition) is 0. The van der Waals surface area contributed by atoms with E-state index in [0.717, 1.165) is 49.6 Å². The molecule has 240 valence electrons. The molecule has 0 aliphatic heterocycles. The molecule has 0 N–H and O–H groups in total. The Labute approximate surface area is 297 Å². The van der Waals surface area contributed by atoms with Crippen LogP contribution in [0.15, 0.2) is 188 Å². The summed E-state index contributed by atoms with van der Waals surface area (Å²) in [5, 5.41) is 2.39. The maximum atomic E-state index is 15.2. The molecule has 1 heterocycles. The zero-order valence-corrected chi connectivity index (χ0v) is 28.5. The fourth-order valence-corrected chi connectivity index (χ4v) is 11.0. The van der Waals surface area contributed by atoms with Crippen molar-refractivity contribution in [2.24, 2.45) is 0 Å². The molecule has 4 heteroatoms. The molecule has 0 radical (unpaired) electrons. The minimum atomic E-state index is -3.13. The van der Waals surface area contributed by atoms with E-state index in [4.69, 9.17) is 9.97 Å². The maximum absolute atomic E-state index is 15.2. The normalized spacial score (nSPS) is 13.3. The Kier molecular flexibility index (Phi) is 6.68. The number of benzene rings is 7. The molecule has 0 fully saturated rings. The summed E-state index contributed by atoms with van der Waals surface area (Å²) in [5.41, 5.74) is 11.6. The Morgan fingerprint density at radius 2 is 0.824 bits per heavy atom. The summed E-state index contributed by atoms with van der Waals surface area (Å²) in [6.07, 6.45) is 0. The number of fused-ring (bicyclic) bond motifs is 10. The Morgan fingerprint density at radius 3 is 1.37 bits per heavy atom. The van der Waals surface area contributed by atoms with Gasteiger partial charge in [-0.25, -0.2) is 9.97 Å². The average molecular weight is 671 g/mol. The number of rotatable bonds is 5. The van der Waals surface area contributed by atoms with E-state index in [9.17, 15) is 0 Å². The molecule has 7 aromatic carbocycles. The lowest BCUT2D eigenvalue weighted by Crippen LogP contribution is -2.27. The predicted molar refractivity (Wildman–Crippen MR) is 209 cm³/mol. The van der Waals surface area contributed by atoms with Crippen molar-refractivity contribution in [3.63, 3.8) is 0 Å². The second kappa shape index (κ2) is 11.5.